The van der Waals surface area contributed by atoms with Gasteiger partial charge in [-0.3, -0.25) is 4.79 Å². The third-order valence-corrected chi connectivity index (χ3v) is 3.65. The Morgan fingerprint density at radius 3 is 2.80 bits per heavy atom. The van der Waals surface area contributed by atoms with Gasteiger partial charge in [0.05, 0.1) is 19.3 Å². The molecule has 2 rings (SSSR count). The van der Waals surface area contributed by atoms with Crippen molar-refractivity contribution in [2.75, 3.05) is 33.4 Å². The average molecular weight is 298 g/mol. The molecule has 1 heterocycles. The van der Waals surface area contributed by atoms with Crippen molar-refractivity contribution in [3.05, 3.63) is 34.9 Å². The Hall–Kier alpha value is -1.10. The predicted octanol–water partition coefficient (Wildman–Crippen LogP) is 2.61. The van der Waals surface area contributed by atoms with Crippen molar-refractivity contribution in [3.8, 4) is 0 Å². The molecule has 0 N–H and O–H groups in total. The molecule has 110 valence electrons. The number of halogens is 1. The molecule has 1 aromatic carbocycles. The molecule has 0 aromatic heterocycles. The van der Waals surface area contributed by atoms with Crippen LogP contribution in [0, 0.1) is 0 Å². The third kappa shape index (κ3) is 4.20. The topological polar surface area (TPSA) is 38.8 Å². The van der Waals surface area contributed by atoms with Gasteiger partial charge < -0.3 is 14.4 Å². The SMILES string of the molecule is COCCOC1CCCN(C(=O)c2ccc(Cl)cc2)C1. The highest BCUT2D eigenvalue weighted by Crippen LogP contribution is 2.17. The molecule has 0 radical (unpaired) electrons. The van der Waals surface area contributed by atoms with Crippen LogP contribution in [-0.2, 0) is 9.47 Å². The van der Waals surface area contributed by atoms with Crippen molar-refractivity contribution in [1.82, 2.24) is 4.90 Å². The summed E-state index contributed by atoms with van der Waals surface area (Å²) < 4.78 is 10.7. The van der Waals surface area contributed by atoms with Crippen LogP contribution in [0.15, 0.2) is 24.3 Å². The molecule has 20 heavy (non-hydrogen) atoms. The summed E-state index contributed by atoms with van der Waals surface area (Å²) in [5.74, 6) is 0.0432. The maximum Gasteiger partial charge on any atom is 0.253 e. The van der Waals surface area contributed by atoms with Gasteiger partial charge in [-0.25, -0.2) is 0 Å². The lowest BCUT2D eigenvalue weighted by atomic mass is 10.1. The Morgan fingerprint density at radius 1 is 1.35 bits per heavy atom. The Labute approximate surface area is 124 Å². The molecular formula is C15H20ClNO3. The van der Waals surface area contributed by atoms with Gasteiger partial charge in [0.1, 0.15) is 0 Å². The molecule has 1 aromatic rings. The number of nitrogens with zero attached hydrogens (tertiary/aromatic N) is 1. The molecule has 1 aliphatic heterocycles. The lowest BCUT2D eigenvalue weighted by Crippen LogP contribution is -2.43. The number of hydrogen-bond donors (Lipinski definition) is 0. The molecule has 0 saturated carbocycles. The number of hydrogen-bond acceptors (Lipinski definition) is 3. The number of methoxy groups -OCH3 is 1. The number of carbonyl (C=O) groups excluding carboxylic acids is 1. The van der Waals surface area contributed by atoms with E-state index >= 15 is 0 Å². The fraction of sp³-hybridized carbons (Fsp3) is 0.533. The summed E-state index contributed by atoms with van der Waals surface area (Å²) in [6.07, 6.45) is 2.07. The van der Waals surface area contributed by atoms with Crippen molar-refractivity contribution in [2.24, 2.45) is 0 Å². The van der Waals surface area contributed by atoms with E-state index in [0.717, 1.165) is 19.4 Å². The number of ether oxygens (including phenoxy) is 2. The van der Waals surface area contributed by atoms with Crippen molar-refractivity contribution in [1.29, 1.82) is 0 Å². The van der Waals surface area contributed by atoms with Crippen LogP contribution < -0.4 is 0 Å². The summed E-state index contributed by atoms with van der Waals surface area (Å²) in [5, 5.41) is 0.640. The largest absolute Gasteiger partial charge is 0.382 e. The summed E-state index contributed by atoms with van der Waals surface area (Å²) in [4.78, 5) is 14.2. The van der Waals surface area contributed by atoms with Crippen molar-refractivity contribution < 1.29 is 14.3 Å². The van der Waals surface area contributed by atoms with E-state index in [0.29, 0.717) is 30.3 Å². The van der Waals surface area contributed by atoms with Crippen LogP contribution in [0.3, 0.4) is 0 Å². The van der Waals surface area contributed by atoms with Crippen molar-refractivity contribution in [3.63, 3.8) is 0 Å². The molecule has 0 spiro atoms. The molecule has 1 amide bonds. The molecule has 0 bridgehead atoms. The van der Waals surface area contributed by atoms with Gasteiger partial charge in [-0.1, -0.05) is 11.6 Å². The Bertz CT molecular complexity index is 435. The van der Waals surface area contributed by atoms with Gasteiger partial charge >= 0.3 is 0 Å². The summed E-state index contributed by atoms with van der Waals surface area (Å²) in [6.45, 7) is 2.59. The second-order valence-electron chi connectivity index (χ2n) is 4.89. The van der Waals surface area contributed by atoms with Crippen molar-refractivity contribution >= 4 is 17.5 Å². The fourth-order valence-electron chi connectivity index (χ4n) is 2.33. The zero-order valence-electron chi connectivity index (χ0n) is 11.7. The van der Waals surface area contributed by atoms with Gasteiger partial charge in [0.2, 0.25) is 0 Å². The summed E-state index contributed by atoms with van der Waals surface area (Å²) >= 11 is 5.84. The highest BCUT2D eigenvalue weighted by Gasteiger charge is 2.24. The van der Waals surface area contributed by atoms with Crippen LogP contribution >= 0.6 is 11.6 Å². The molecular weight excluding hydrogens is 278 g/mol. The van der Waals surface area contributed by atoms with Gasteiger partial charge in [-0.15, -0.1) is 0 Å². The number of likely N-dealkylation sites (tertiary alicyclic amines) is 1. The summed E-state index contributed by atoms with van der Waals surface area (Å²) in [6, 6.07) is 7.01. The second-order valence-corrected chi connectivity index (χ2v) is 5.32. The first-order chi connectivity index (χ1) is 9.70. The first-order valence-electron chi connectivity index (χ1n) is 6.86. The third-order valence-electron chi connectivity index (χ3n) is 3.40. The minimum absolute atomic E-state index is 0.0432. The average Bonchev–Trinajstić information content (AvgIpc) is 2.48. The standard InChI is InChI=1S/C15H20ClNO3/c1-19-9-10-20-14-3-2-8-17(11-14)15(18)12-4-6-13(16)7-5-12/h4-7,14H,2-3,8-11H2,1H3. The van der Waals surface area contributed by atoms with Gasteiger partial charge in [-0.2, -0.15) is 0 Å². The Kier molecular flexibility index (Phi) is 5.83. The lowest BCUT2D eigenvalue weighted by molar-refractivity contribution is -0.0171. The predicted molar refractivity (Wildman–Crippen MR) is 78.2 cm³/mol. The van der Waals surface area contributed by atoms with Crippen LogP contribution in [0.1, 0.15) is 23.2 Å². The number of benzene rings is 1. The fourth-order valence-corrected chi connectivity index (χ4v) is 2.46. The molecule has 1 saturated heterocycles. The van der Waals surface area contributed by atoms with Gasteiger partial charge in [0.15, 0.2) is 0 Å². The lowest BCUT2D eigenvalue weighted by Gasteiger charge is -2.32. The molecule has 1 aliphatic rings. The zero-order valence-corrected chi connectivity index (χ0v) is 12.4. The quantitative estimate of drug-likeness (QED) is 0.784. The number of rotatable bonds is 5. The van der Waals surface area contributed by atoms with E-state index in [-0.39, 0.29) is 12.0 Å². The minimum atomic E-state index is 0.0432. The van der Waals surface area contributed by atoms with Gasteiger partial charge in [0.25, 0.3) is 5.91 Å². The normalized spacial score (nSPS) is 19.1. The maximum absolute atomic E-state index is 12.4. The van der Waals surface area contributed by atoms with E-state index < -0.39 is 0 Å². The first-order valence-corrected chi connectivity index (χ1v) is 7.24. The van der Waals surface area contributed by atoms with Gasteiger partial charge in [0, 0.05) is 30.8 Å². The molecule has 5 heteroatoms. The molecule has 1 unspecified atom stereocenters. The zero-order chi connectivity index (χ0) is 14.4. The second kappa shape index (κ2) is 7.62. The first kappa shape index (κ1) is 15.3. The smallest absolute Gasteiger partial charge is 0.253 e. The molecule has 1 atom stereocenters. The van der Waals surface area contributed by atoms with E-state index in [2.05, 4.69) is 0 Å². The highest BCUT2D eigenvalue weighted by molar-refractivity contribution is 6.30. The molecule has 4 nitrogen and oxygen atoms in total. The molecule has 1 fully saturated rings. The monoisotopic (exact) mass is 297 g/mol. The van der Waals surface area contributed by atoms with Crippen LogP contribution in [0.2, 0.25) is 5.02 Å². The van der Waals surface area contributed by atoms with Crippen LogP contribution in [0.25, 0.3) is 0 Å². The van der Waals surface area contributed by atoms with Crippen LogP contribution in [0.5, 0.6) is 0 Å². The molecule has 0 aliphatic carbocycles. The highest BCUT2D eigenvalue weighted by atomic mass is 35.5. The Balaban J connectivity index is 1.91. The van der Waals surface area contributed by atoms with Crippen LogP contribution in [0.4, 0.5) is 0 Å². The number of carbonyl (C=O) groups is 1. The van der Waals surface area contributed by atoms with E-state index in [1.807, 2.05) is 4.90 Å². The Morgan fingerprint density at radius 2 is 2.10 bits per heavy atom. The van der Waals surface area contributed by atoms with Gasteiger partial charge in [-0.05, 0) is 37.1 Å². The van der Waals surface area contributed by atoms with E-state index in [1.165, 1.54) is 0 Å². The van der Waals surface area contributed by atoms with E-state index in [9.17, 15) is 4.79 Å². The summed E-state index contributed by atoms with van der Waals surface area (Å²) in [5.41, 5.74) is 0.673. The number of amides is 1. The number of piperidine rings is 1. The van der Waals surface area contributed by atoms with E-state index in [4.69, 9.17) is 21.1 Å². The minimum Gasteiger partial charge on any atom is -0.382 e. The van der Waals surface area contributed by atoms with Crippen LogP contribution in [-0.4, -0.2) is 50.3 Å². The summed E-state index contributed by atoms with van der Waals surface area (Å²) in [7, 11) is 1.65. The van der Waals surface area contributed by atoms with E-state index in [1.54, 1.807) is 31.4 Å². The van der Waals surface area contributed by atoms with Crippen molar-refractivity contribution in [2.45, 2.75) is 18.9 Å². The maximum atomic E-state index is 12.4.